The van der Waals surface area contributed by atoms with Gasteiger partial charge in [0, 0.05) is 38.4 Å². The summed E-state index contributed by atoms with van der Waals surface area (Å²) in [6.45, 7) is 2.04. The lowest BCUT2D eigenvalue weighted by atomic mass is 10.2. The maximum Gasteiger partial charge on any atom is 0.292 e. The van der Waals surface area contributed by atoms with Crippen LogP contribution in [-0.4, -0.2) is 62.3 Å². The highest BCUT2D eigenvalue weighted by Gasteiger charge is 2.25. The van der Waals surface area contributed by atoms with Crippen molar-refractivity contribution in [1.29, 1.82) is 0 Å². The zero-order valence-electron chi connectivity index (χ0n) is 15.6. The minimum Gasteiger partial charge on any atom is -0.362 e. The van der Waals surface area contributed by atoms with Crippen LogP contribution in [0.15, 0.2) is 41.7 Å². The number of aromatic nitrogens is 3. The fraction of sp³-hybridized carbons (Fsp3) is 0.278. The number of amides is 1. The third kappa shape index (κ3) is 4.16. The number of benzene rings is 1. The van der Waals surface area contributed by atoms with E-state index in [0.717, 1.165) is 0 Å². The SMILES string of the molecule is O=C(CSc1nnc2c(Cl)cc(Cl)cn12)N1CCN(c2ccccc2[N+](=O)[O-])CC1. The summed E-state index contributed by atoms with van der Waals surface area (Å²) in [4.78, 5) is 27.2. The van der Waals surface area contributed by atoms with Crippen molar-refractivity contribution in [1.82, 2.24) is 19.5 Å². The lowest BCUT2D eigenvalue weighted by Crippen LogP contribution is -2.49. The summed E-state index contributed by atoms with van der Waals surface area (Å²) in [6.07, 6.45) is 1.65. The van der Waals surface area contributed by atoms with Crippen molar-refractivity contribution in [3.05, 3.63) is 56.7 Å². The monoisotopic (exact) mass is 466 g/mol. The number of piperazine rings is 1. The van der Waals surface area contributed by atoms with Gasteiger partial charge in [0.1, 0.15) is 5.69 Å². The number of thioether (sulfide) groups is 1. The van der Waals surface area contributed by atoms with Crippen LogP contribution in [0.5, 0.6) is 0 Å². The lowest BCUT2D eigenvalue weighted by molar-refractivity contribution is -0.384. The van der Waals surface area contributed by atoms with E-state index in [0.29, 0.717) is 52.7 Å². The van der Waals surface area contributed by atoms with Gasteiger partial charge in [0.2, 0.25) is 5.91 Å². The molecule has 12 heteroatoms. The van der Waals surface area contributed by atoms with Gasteiger partial charge in [0.15, 0.2) is 10.8 Å². The Morgan fingerprint density at radius 1 is 1.17 bits per heavy atom. The molecular formula is C18H16Cl2N6O3S. The van der Waals surface area contributed by atoms with Gasteiger partial charge in [0.25, 0.3) is 5.69 Å². The number of nitro groups is 1. The molecule has 1 fully saturated rings. The summed E-state index contributed by atoms with van der Waals surface area (Å²) < 4.78 is 1.66. The molecule has 0 saturated carbocycles. The van der Waals surface area contributed by atoms with Gasteiger partial charge in [-0.15, -0.1) is 10.2 Å². The molecule has 30 heavy (non-hydrogen) atoms. The molecule has 0 atom stereocenters. The Labute approximate surface area is 185 Å². The van der Waals surface area contributed by atoms with E-state index in [4.69, 9.17) is 23.2 Å². The summed E-state index contributed by atoms with van der Waals surface area (Å²) in [5.41, 5.74) is 1.13. The van der Waals surface area contributed by atoms with Gasteiger partial charge >= 0.3 is 0 Å². The minimum atomic E-state index is -0.384. The summed E-state index contributed by atoms with van der Waals surface area (Å²) >= 11 is 13.4. The number of carbonyl (C=O) groups excluding carboxylic acids is 1. The first-order valence-electron chi connectivity index (χ1n) is 9.03. The molecule has 1 aliphatic rings. The lowest BCUT2D eigenvalue weighted by Gasteiger charge is -2.35. The van der Waals surface area contributed by atoms with Gasteiger partial charge in [-0.05, 0) is 12.1 Å². The van der Waals surface area contributed by atoms with Crippen LogP contribution in [0.4, 0.5) is 11.4 Å². The molecule has 0 spiro atoms. The van der Waals surface area contributed by atoms with Gasteiger partial charge in [0.05, 0.1) is 20.7 Å². The molecule has 3 aromatic rings. The van der Waals surface area contributed by atoms with Crippen LogP contribution >= 0.6 is 35.0 Å². The quantitative estimate of drug-likeness (QED) is 0.322. The number of fused-ring (bicyclic) bond motifs is 1. The van der Waals surface area contributed by atoms with Crippen molar-refractivity contribution < 1.29 is 9.72 Å². The molecule has 0 bridgehead atoms. The minimum absolute atomic E-state index is 0.0351. The van der Waals surface area contributed by atoms with Crippen LogP contribution < -0.4 is 4.90 Å². The molecule has 1 amide bonds. The average molecular weight is 467 g/mol. The van der Waals surface area contributed by atoms with Crippen molar-refractivity contribution in [2.45, 2.75) is 5.16 Å². The first-order chi connectivity index (χ1) is 14.4. The van der Waals surface area contributed by atoms with E-state index in [9.17, 15) is 14.9 Å². The third-order valence-corrected chi connectivity index (χ3v) is 6.18. The Kier molecular flexibility index (Phi) is 5.98. The Bertz CT molecular complexity index is 1120. The Hall–Kier alpha value is -2.56. The molecule has 0 N–H and O–H groups in total. The van der Waals surface area contributed by atoms with Crippen molar-refractivity contribution in [3.8, 4) is 0 Å². The van der Waals surface area contributed by atoms with Crippen molar-refractivity contribution in [2.75, 3.05) is 36.8 Å². The summed E-state index contributed by atoms with van der Waals surface area (Å²) in [7, 11) is 0. The fourth-order valence-electron chi connectivity index (χ4n) is 3.30. The number of carbonyl (C=O) groups is 1. The predicted octanol–water partition coefficient (Wildman–Crippen LogP) is 3.39. The number of anilines is 1. The van der Waals surface area contributed by atoms with Crippen LogP contribution in [0.1, 0.15) is 0 Å². The zero-order valence-corrected chi connectivity index (χ0v) is 17.9. The van der Waals surface area contributed by atoms with Crippen LogP contribution in [-0.2, 0) is 4.79 Å². The molecular weight excluding hydrogens is 451 g/mol. The van der Waals surface area contributed by atoms with E-state index < -0.39 is 0 Å². The van der Waals surface area contributed by atoms with Crippen LogP contribution in [0, 0.1) is 10.1 Å². The molecule has 3 heterocycles. The highest BCUT2D eigenvalue weighted by Crippen LogP contribution is 2.29. The van der Waals surface area contributed by atoms with Crippen molar-refractivity contribution in [2.24, 2.45) is 0 Å². The number of rotatable bonds is 5. The topological polar surface area (TPSA) is 96.9 Å². The smallest absolute Gasteiger partial charge is 0.292 e. The first-order valence-corrected chi connectivity index (χ1v) is 10.8. The first kappa shape index (κ1) is 20.7. The second kappa shape index (κ2) is 8.66. The number of hydrogen-bond acceptors (Lipinski definition) is 7. The molecule has 156 valence electrons. The normalized spacial score (nSPS) is 14.3. The highest BCUT2D eigenvalue weighted by molar-refractivity contribution is 7.99. The van der Waals surface area contributed by atoms with Gasteiger partial charge in [-0.2, -0.15) is 0 Å². The molecule has 4 rings (SSSR count). The van der Waals surface area contributed by atoms with E-state index in [1.54, 1.807) is 39.8 Å². The molecule has 0 aliphatic carbocycles. The molecule has 0 unspecified atom stereocenters. The van der Waals surface area contributed by atoms with Crippen LogP contribution in [0.3, 0.4) is 0 Å². The maximum absolute atomic E-state index is 12.7. The third-order valence-electron chi connectivity index (χ3n) is 4.77. The zero-order chi connectivity index (χ0) is 21.3. The van der Waals surface area contributed by atoms with E-state index in [2.05, 4.69) is 10.2 Å². The maximum atomic E-state index is 12.7. The Balaban J connectivity index is 1.37. The fourth-order valence-corrected chi connectivity index (χ4v) is 4.62. The number of nitro benzene ring substituents is 1. The Morgan fingerprint density at radius 2 is 1.90 bits per heavy atom. The standard InChI is InChI=1S/C18H16Cl2N6O3S/c19-12-9-13(20)17-21-22-18(25(17)10-12)30-11-16(27)24-7-5-23(6-8-24)14-3-1-2-4-15(14)26(28)29/h1-4,9-10H,5-8,11H2. The van der Waals surface area contributed by atoms with Crippen molar-refractivity contribution in [3.63, 3.8) is 0 Å². The second-order valence-electron chi connectivity index (χ2n) is 6.58. The second-order valence-corrected chi connectivity index (χ2v) is 8.37. The molecule has 0 radical (unpaired) electrons. The molecule has 2 aromatic heterocycles. The van der Waals surface area contributed by atoms with E-state index in [1.807, 2.05) is 4.90 Å². The molecule has 1 aliphatic heterocycles. The number of para-hydroxylation sites is 2. The Morgan fingerprint density at radius 3 is 2.63 bits per heavy atom. The largest absolute Gasteiger partial charge is 0.362 e. The van der Waals surface area contributed by atoms with Gasteiger partial charge in [-0.3, -0.25) is 19.3 Å². The van der Waals surface area contributed by atoms with Gasteiger partial charge in [-0.1, -0.05) is 47.1 Å². The number of halogens is 2. The highest BCUT2D eigenvalue weighted by atomic mass is 35.5. The predicted molar refractivity (Wildman–Crippen MR) is 116 cm³/mol. The van der Waals surface area contributed by atoms with E-state index in [1.165, 1.54) is 17.8 Å². The molecule has 9 nitrogen and oxygen atoms in total. The van der Waals surface area contributed by atoms with Gasteiger partial charge < -0.3 is 9.80 Å². The van der Waals surface area contributed by atoms with Crippen molar-refractivity contribution >= 4 is 57.9 Å². The van der Waals surface area contributed by atoms with E-state index in [-0.39, 0.29) is 22.3 Å². The average Bonchev–Trinajstić information content (AvgIpc) is 3.15. The number of nitrogens with zero attached hydrogens (tertiary/aromatic N) is 6. The molecule has 1 aromatic carbocycles. The van der Waals surface area contributed by atoms with Crippen LogP contribution in [0.2, 0.25) is 10.0 Å². The van der Waals surface area contributed by atoms with Crippen LogP contribution in [0.25, 0.3) is 5.65 Å². The summed E-state index contributed by atoms with van der Waals surface area (Å²) in [6, 6.07) is 8.23. The number of pyridine rings is 1. The summed E-state index contributed by atoms with van der Waals surface area (Å²) in [5.74, 6) is 0.156. The summed E-state index contributed by atoms with van der Waals surface area (Å²) in [5, 5.41) is 20.7. The van der Waals surface area contributed by atoms with Gasteiger partial charge in [-0.25, -0.2) is 0 Å². The van der Waals surface area contributed by atoms with E-state index >= 15 is 0 Å². The molecule has 1 saturated heterocycles. The number of hydrogen-bond donors (Lipinski definition) is 0.